The molecule has 2 aromatic carbocycles. The minimum Gasteiger partial charge on any atom is -0.497 e. The van der Waals surface area contributed by atoms with E-state index in [0.717, 1.165) is 11.3 Å². The van der Waals surface area contributed by atoms with Crippen molar-refractivity contribution < 1.29 is 9.13 Å². The van der Waals surface area contributed by atoms with Gasteiger partial charge in [0.2, 0.25) is 0 Å². The van der Waals surface area contributed by atoms with Gasteiger partial charge in [0.15, 0.2) is 5.82 Å². The van der Waals surface area contributed by atoms with Crippen LogP contribution in [0.5, 0.6) is 5.75 Å². The Hall–Kier alpha value is -1.95. The van der Waals surface area contributed by atoms with Crippen LogP contribution in [0.3, 0.4) is 0 Å². The monoisotopic (exact) mass is 335 g/mol. The quantitative estimate of drug-likeness (QED) is 0.736. The standard InChI is InChI=1S/C14H11BrFN3O/c1-20-11-4-2-9(3-5-11)8-19-14-12(16)6-10(15)7-13(14)17-18-19/h2-7H,8H2,1H3. The van der Waals surface area contributed by atoms with Gasteiger partial charge in [0.1, 0.15) is 16.8 Å². The Balaban J connectivity index is 1.98. The van der Waals surface area contributed by atoms with Crippen LogP contribution in [0.25, 0.3) is 11.0 Å². The van der Waals surface area contributed by atoms with E-state index < -0.39 is 0 Å². The fourth-order valence-corrected chi connectivity index (χ4v) is 2.46. The smallest absolute Gasteiger partial charge is 0.151 e. The normalized spacial score (nSPS) is 10.9. The van der Waals surface area contributed by atoms with Crippen LogP contribution in [0.15, 0.2) is 40.9 Å². The second-order valence-electron chi connectivity index (χ2n) is 4.35. The fourth-order valence-electron chi connectivity index (χ4n) is 2.05. The van der Waals surface area contributed by atoms with E-state index in [2.05, 4.69) is 26.2 Å². The van der Waals surface area contributed by atoms with Crippen LogP contribution in [0.4, 0.5) is 4.39 Å². The van der Waals surface area contributed by atoms with Crippen LogP contribution >= 0.6 is 15.9 Å². The lowest BCUT2D eigenvalue weighted by Gasteiger charge is -2.05. The number of rotatable bonds is 3. The van der Waals surface area contributed by atoms with Crippen molar-refractivity contribution in [2.45, 2.75) is 6.54 Å². The molecule has 0 bridgehead atoms. The first kappa shape index (κ1) is 13.1. The summed E-state index contributed by atoms with van der Waals surface area (Å²) in [6.45, 7) is 0.457. The number of methoxy groups -OCH3 is 1. The maximum atomic E-state index is 14.0. The molecule has 0 unspecified atom stereocenters. The summed E-state index contributed by atoms with van der Waals surface area (Å²) in [7, 11) is 1.62. The third kappa shape index (κ3) is 2.38. The molecule has 3 aromatic rings. The molecule has 0 spiro atoms. The Morgan fingerprint density at radius 3 is 2.70 bits per heavy atom. The summed E-state index contributed by atoms with van der Waals surface area (Å²) in [6.07, 6.45) is 0. The molecule has 0 atom stereocenters. The summed E-state index contributed by atoms with van der Waals surface area (Å²) in [4.78, 5) is 0. The summed E-state index contributed by atoms with van der Waals surface area (Å²) in [5.41, 5.74) is 1.94. The SMILES string of the molecule is COc1ccc(Cn2nnc3cc(Br)cc(F)c32)cc1. The minimum atomic E-state index is -0.340. The minimum absolute atomic E-state index is 0.340. The van der Waals surface area contributed by atoms with Gasteiger partial charge < -0.3 is 4.74 Å². The van der Waals surface area contributed by atoms with E-state index in [0.29, 0.717) is 22.1 Å². The van der Waals surface area contributed by atoms with Gasteiger partial charge in [0, 0.05) is 4.47 Å². The van der Waals surface area contributed by atoms with E-state index in [9.17, 15) is 4.39 Å². The van der Waals surface area contributed by atoms with Gasteiger partial charge >= 0.3 is 0 Å². The number of nitrogens with zero attached hydrogens (tertiary/aromatic N) is 3. The van der Waals surface area contributed by atoms with E-state index >= 15 is 0 Å². The molecular formula is C14H11BrFN3O. The third-order valence-corrected chi connectivity index (χ3v) is 3.48. The first-order valence-electron chi connectivity index (χ1n) is 5.98. The molecule has 102 valence electrons. The van der Waals surface area contributed by atoms with E-state index in [4.69, 9.17) is 4.74 Å². The van der Waals surface area contributed by atoms with Gasteiger partial charge in [-0.05, 0) is 29.8 Å². The first-order valence-corrected chi connectivity index (χ1v) is 6.78. The zero-order chi connectivity index (χ0) is 14.1. The zero-order valence-corrected chi connectivity index (χ0v) is 12.3. The van der Waals surface area contributed by atoms with E-state index in [-0.39, 0.29) is 5.82 Å². The average molecular weight is 336 g/mol. The van der Waals surface area contributed by atoms with E-state index in [1.165, 1.54) is 6.07 Å². The van der Waals surface area contributed by atoms with Crippen LogP contribution in [-0.2, 0) is 6.54 Å². The van der Waals surface area contributed by atoms with Crippen LogP contribution in [-0.4, -0.2) is 22.1 Å². The molecule has 0 aliphatic carbocycles. The largest absolute Gasteiger partial charge is 0.497 e. The molecule has 0 aliphatic heterocycles. The second kappa shape index (κ2) is 5.20. The maximum absolute atomic E-state index is 14.0. The summed E-state index contributed by atoms with van der Waals surface area (Å²) < 4.78 is 21.3. The molecule has 0 aliphatic rings. The first-order chi connectivity index (χ1) is 9.67. The van der Waals surface area contributed by atoms with Crippen LogP contribution in [0.2, 0.25) is 0 Å². The van der Waals surface area contributed by atoms with Gasteiger partial charge in [-0.15, -0.1) is 5.10 Å². The topological polar surface area (TPSA) is 39.9 Å². The van der Waals surface area contributed by atoms with Crippen molar-refractivity contribution in [3.63, 3.8) is 0 Å². The molecule has 0 N–H and O–H groups in total. The lowest BCUT2D eigenvalue weighted by atomic mass is 10.2. The van der Waals surface area contributed by atoms with Crippen LogP contribution < -0.4 is 4.74 Å². The molecule has 1 heterocycles. The van der Waals surface area contributed by atoms with Crippen LogP contribution in [0, 0.1) is 5.82 Å². The van der Waals surface area contributed by atoms with Crippen molar-refractivity contribution in [3.05, 3.63) is 52.3 Å². The van der Waals surface area contributed by atoms with E-state index in [1.54, 1.807) is 17.9 Å². The van der Waals surface area contributed by atoms with Crippen LogP contribution in [0.1, 0.15) is 5.56 Å². The highest BCUT2D eigenvalue weighted by molar-refractivity contribution is 9.10. The van der Waals surface area contributed by atoms with Crippen molar-refractivity contribution in [3.8, 4) is 5.75 Å². The van der Waals surface area contributed by atoms with Crippen molar-refractivity contribution in [2.24, 2.45) is 0 Å². The predicted octanol–water partition coefficient (Wildman–Crippen LogP) is 3.39. The van der Waals surface area contributed by atoms with Crippen molar-refractivity contribution in [1.82, 2.24) is 15.0 Å². The van der Waals surface area contributed by atoms with Gasteiger partial charge in [-0.3, -0.25) is 0 Å². The van der Waals surface area contributed by atoms with E-state index in [1.807, 2.05) is 24.3 Å². The molecule has 3 rings (SSSR count). The zero-order valence-electron chi connectivity index (χ0n) is 10.7. The second-order valence-corrected chi connectivity index (χ2v) is 5.27. The highest BCUT2D eigenvalue weighted by Crippen LogP contribution is 2.22. The lowest BCUT2D eigenvalue weighted by molar-refractivity contribution is 0.414. The number of benzene rings is 2. The van der Waals surface area contributed by atoms with Gasteiger partial charge in [-0.25, -0.2) is 9.07 Å². The van der Waals surface area contributed by atoms with Crippen molar-refractivity contribution in [2.75, 3.05) is 7.11 Å². The maximum Gasteiger partial charge on any atom is 0.151 e. The Bertz CT molecular complexity index is 755. The molecule has 1 aromatic heterocycles. The molecule has 0 amide bonds. The summed E-state index contributed by atoms with van der Waals surface area (Å²) >= 11 is 3.24. The Labute approximate surface area is 123 Å². The van der Waals surface area contributed by atoms with Gasteiger partial charge in [0.25, 0.3) is 0 Å². The highest BCUT2D eigenvalue weighted by atomic mass is 79.9. The van der Waals surface area contributed by atoms with Gasteiger partial charge in [-0.1, -0.05) is 33.3 Å². The molecule has 6 heteroatoms. The summed E-state index contributed by atoms with van der Waals surface area (Å²) in [5, 5.41) is 8.00. The summed E-state index contributed by atoms with van der Waals surface area (Å²) in [5.74, 6) is 0.445. The molecule has 4 nitrogen and oxygen atoms in total. The molecule has 0 fully saturated rings. The van der Waals surface area contributed by atoms with Gasteiger partial charge in [0.05, 0.1) is 13.7 Å². The lowest BCUT2D eigenvalue weighted by Crippen LogP contribution is -2.03. The molecule has 0 saturated carbocycles. The highest BCUT2D eigenvalue weighted by Gasteiger charge is 2.11. The number of fused-ring (bicyclic) bond motifs is 1. The molecule has 20 heavy (non-hydrogen) atoms. The fraction of sp³-hybridized carbons (Fsp3) is 0.143. The Kier molecular flexibility index (Phi) is 3.40. The summed E-state index contributed by atoms with van der Waals surface area (Å²) in [6, 6.07) is 10.7. The number of aromatic nitrogens is 3. The Morgan fingerprint density at radius 2 is 2.00 bits per heavy atom. The number of ether oxygens (including phenoxy) is 1. The Morgan fingerprint density at radius 1 is 1.25 bits per heavy atom. The number of halogens is 2. The van der Waals surface area contributed by atoms with Crippen molar-refractivity contribution in [1.29, 1.82) is 0 Å². The number of hydrogen-bond acceptors (Lipinski definition) is 3. The third-order valence-electron chi connectivity index (χ3n) is 3.02. The van der Waals surface area contributed by atoms with Gasteiger partial charge in [-0.2, -0.15) is 0 Å². The molecule has 0 radical (unpaired) electrons. The molecule has 0 saturated heterocycles. The predicted molar refractivity (Wildman–Crippen MR) is 77.3 cm³/mol. The van der Waals surface area contributed by atoms with Crippen molar-refractivity contribution >= 4 is 27.0 Å². The molecular weight excluding hydrogens is 325 g/mol. The average Bonchev–Trinajstić information content (AvgIpc) is 2.82. The number of hydrogen-bond donors (Lipinski definition) is 0.